The van der Waals surface area contributed by atoms with Gasteiger partial charge in [-0.05, 0) is 62.8 Å². The second-order valence-electron chi connectivity index (χ2n) is 12.1. The van der Waals surface area contributed by atoms with E-state index in [9.17, 15) is 9.18 Å². The van der Waals surface area contributed by atoms with Crippen LogP contribution < -0.4 is 10.1 Å². The third-order valence-corrected chi connectivity index (χ3v) is 8.45. The number of likely N-dealkylation sites (N-methyl/N-ethyl adjacent to an activating group) is 1. The maximum Gasteiger partial charge on any atom is 0.227 e. The summed E-state index contributed by atoms with van der Waals surface area (Å²) >= 11 is 0. The third kappa shape index (κ3) is 6.18. The average molecular weight is 619 g/mol. The Morgan fingerprint density at radius 1 is 1.02 bits per heavy atom. The predicted octanol–water partition coefficient (Wildman–Crippen LogP) is 6.83. The number of aromatic amines is 2. The van der Waals surface area contributed by atoms with Crippen LogP contribution in [-0.4, -0.2) is 68.2 Å². The van der Waals surface area contributed by atoms with Crippen LogP contribution in [-0.2, 0) is 4.79 Å². The molecule has 0 aliphatic heterocycles. The summed E-state index contributed by atoms with van der Waals surface area (Å²) < 4.78 is 20.5. The van der Waals surface area contributed by atoms with Crippen LogP contribution in [0.4, 0.5) is 10.1 Å². The predicted molar refractivity (Wildman–Crippen MR) is 177 cm³/mol. The molecule has 0 spiro atoms. The third-order valence-electron chi connectivity index (χ3n) is 8.45. The molecule has 2 aromatic carbocycles. The molecule has 1 aliphatic rings. The number of anilines is 1. The van der Waals surface area contributed by atoms with Crippen LogP contribution in [0.2, 0.25) is 0 Å². The number of imidazole rings is 1. The average Bonchev–Trinajstić information content (AvgIpc) is 3.69. The molecule has 4 heterocycles. The largest absolute Gasteiger partial charge is 0.492 e. The molecule has 1 aliphatic carbocycles. The monoisotopic (exact) mass is 618 g/mol. The Bertz CT molecular complexity index is 2030. The van der Waals surface area contributed by atoms with Gasteiger partial charge in [0.1, 0.15) is 23.9 Å². The van der Waals surface area contributed by atoms with Gasteiger partial charge in [-0.25, -0.2) is 9.37 Å². The van der Waals surface area contributed by atoms with E-state index in [4.69, 9.17) is 9.72 Å². The molecule has 6 aromatic rings. The molecule has 46 heavy (non-hydrogen) atoms. The molecule has 0 atom stereocenters. The molecule has 234 valence electrons. The van der Waals surface area contributed by atoms with Gasteiger partial charge in [-0.1, -0.05) is 31.4 Å². The van der Waals surface area contributed by atoms with Gasteiger partial charge in [0.25, 0.3) is 0 Å². The summed E-state index contributed by atoms with van der Waals surface area (Å²) in [5.74, 6) is 0.755. The zero-order valence-electron chi connectivity index (χ0n) is 25.8. The van der Waals surface area contributed by atoms with E-state index in [1.165, 1.54) is 18.6 Å². The molecule has 0 radical (unpaired) electrons. The topological polar surface area (TPSA) is 125 Å². The minimum atomic E-state index is -0.379. The highest BCUT2D eigenvalue weighted by Gasteiger charge is 2.22. The number of amides is 1. The minimum absolute atomic E-state index is 0.0501. The van der Waals surface area contributed by atoms with Crippen molar-refractivity contribution < 1.29 is 13.9 Å². The molecule has 7 rings (SSSR count). The number of carbonyl (C=O) groups is 1. The van der Waals surface area contributed by atoms with Gasteiger partial charge in [-0.3, -0.25) is 19.9 Å². The lowest BCUT2D eigenvalue weighted by atomic mass is 9.88. The Morgan fingerprint density at radius 3 is 2.74 bits per heavy atom. The minimum Gasteiger partial charge on any atom is -0.492 e. The summed E-state index contributed by atoms with van der Waals surface area (Å²) in [7, 11) is 3.93. The van der Waals surface area contributed by atoms with Gasteiger partial charge in [0, 0.05) is 41.2 Å². The lowest BCUT2D eigenvalue weighted by Gasteiger charge is -2.20. The van der Waals surface area contributed by atoms with Crippen LogP contribution in [0.15, 0.2) is 67.1 Å². The Hall–Kier alpha value is -5.16. The lowest BCUT2D eigenvalue weighted by molar-refractivity contribution is -0.120. The number of rotatable bonds is 9. The molecular formula is C35H35FN8O2. The molecule has 1 amide bonds. The second-order valence-corrected chi connectivity index (χ2v) is 12.1. The van der Waals surface area contributed by atoms with Crippen molar-refractivity contribution in [2.24, 2.45) is 5.92 Å². The summed E-state index contributed by atoms with van der Waals surface area (Å²) in [6, 6.07) is 14.3. The molecule has 4 aromatic heterocycles. The van der Waals surface area contributed by atoms with Gasteiger partial charge in [0.05, 0.1) is 40.3 Å². The van der Waals surface area contributed by atoms with Crippen molar-refractivity contribution in [1.82, 2.24) is 35.0 Å². The zero-order valence-corrected chi connectivity index (χ0v) is 25.8. The fraction of sp³-hybridized carbons (Fsp3) is 0.286. The highest BCUT2D eigenvalue weighted by atomic mass is 19.1. The molecule has 0 unspecified atom stereocenters. The van der Waals surface area contributed by atoms with E-state index in [1.807, 2.05) is 55.4 Å². The summed E-state index contributed by atoms with van der Waals surface area (Å²) in [5.41, 5.74) is 6.42. The second kappa shape index (κ2) is 12.7. The number of nitrogens with zero attached hydrogens (tertiary/aromatic N) is 5. The Morgan fingerprint density at radius 2 is 1.89 bits per heavy atom. The number of nitrogens with one attached hydrogen (secondary N) is 3. The number of carbonyl (C=O) groups excluding carboxylic acids is 1. The summed E-state index contributed by atoms with van der Waals surface area (Å²) in [4.78, 5) is 32.2. The summed E-state index contributed by atoms with van der Waals surface area (Å²) in [6.07, 6.45) is 10.4. The Labute approximate surface area is 265 Å². The van der Waals surface area contributed by atoms with Crippen LogP contribution in [0.3, 0.4) is 0 Å². The zero-order chi connectivity index (χ0) is 31.6. The van der Waals surface area contributed by atoms with Crippen molar-refractivity contribution in [1.29, 1.82) is 0 Å². The Kier molecular flexibility index (Phi) is 8.15. The lowest BCUT2D eigenvalue weighted by Crippen LogP contribution is -2.24. The van der Waals surface area contributed by atoms with Gasteiger partial charge in [-0.2, -0.15) is 5.10 Å². The van der Waals surface area contributed by atoms with Crippen molar-refractivity contribution in [2.45, 2.75) is 32.1 Å². The van der Waals surface area contributed by atoms with E-state index in [0.29, 0.717) is 46.3 Å². The number of hydrogen-bond donors (Lipinski definition) is 3. The summed E-state index contributed by atoms with van der Waals surface area (Å²) in [5, 5.41) is 11.5. The standard InChI is InChI=1S/C35H35FN8O2/c1-44(2)11-12-46-26-15-22(13-24(36)16-26)27-9-6-10-29-32(27)41-34(40-29)33-28-17-30(38-20-31(28)42-43-33)23-14-25(19-37-18-23)39-35(45)21-7-4-3-5-8-21/h6,9-10,13-21H,3-5,7-8,11-12H2,1-2H3,(H,39,45)(H,40,41)(H,42,43). The molecule has 3 N–H and O–H groups in total. The van der Waals surface area contributed by atoms with Gasteiger partial charge in [-0.15, -0.1) is 0 Å². The van der Waals surface area contributed by atoms with Crippen molar-refractivity contribution >= 4 is 33.5 Å². The first kappa shape index (κ1) is 29.5. The number of hydrogen-bond acceptors (Lipinski definition) is 7. The molecule has 0 saturated heterocycles. The first-order chi connectivity index (χ1) is 22.4. The van der Waals surface area contributed by atoms with Gasteiger partial charge < -0.3 is 19.9 Å². The van der Waals surface area contributed by atoms with E-state index in [-0.39, 0.29) is 17.6 Å². The fourth-order valence-electron chi connectivity index (χ4n) is 6.04. The van der Waals surface area contributed by atoms with E-state index < -0.39 is 0 Å². The van der Waals surface area contributed by atoms with Crippen molar-refractivity contribution in [3.8, 4) is 39.7 Å². The number of benzene rings is 2. The molecule has 1 fully saturated rings. The number of pyridine rings is 2. The first-order valence-corrected chi connectivity index (χ1v) is 15.6. The number of para-hydroxylation sites is 1. The van der Waals surface area contributed by atoms with Crippen molar-refractivity contribution in [3.63, 3.8) is 0 Å². The van der Waals surface area contributed by atoms with Crippen LogP contribution in [0.1, 0.15) is 32.1 Å². The van der Waals surface area contributed by atoms with Crippen molar-refractivity contribution in [2.75, 3.05) is 32.6 Å². The quantitative estimate of drug-likeness (QED) is 0.162. The fourth-order valence-corrected chi connectivity index (χ4v) is 6.04. The molecular weight excluding hydrogens is 583 g/mol. The van der Waals surface area contributed by atoms with Crippen LogP contribution >= 0.6 is 0 Å². The first-order valence-electron chi connectivity index (χ1n) is 15.6. The number of H-pyrrole nitrogens is 2. The van der Waals surface area contributed by atoms with E-state index in [0.717, 1.165) is 59.8 Å². The van der Waals surface area contributed by atoms with Gasteiger partial charge >= 0.3 is 0 Å². The van der Waals surface area contributed by atoms with E-state index >= 15 is 0 Å². The SMILES string of the molecule is CN(C)CCOc1cc(F)cc(-c2cccc3[nH]c(-c4n[nH]c5cnc(-c6cncc(NC(=O)C7CCCCC7)c6)cc45)nc23)c1. The van der Waals surface area contributed by atoms with Crippen LogP contribution in [0, 0.1) is 11.7 Å². The maximum absolute atomic E-state index is 14.7. The van der Waals surface area contributed by atoms with Gasteiger partial charge in [0.15, 0.2) is 5.82 Å². The number of aromatic nitrogens is 6. The van der Waals surface area contributed by atoms with E-state index in [2.05, 4.69) is 30.5 Å². The van der Waals surface area contributed by atoms with Gasteiger partial charge in [0.2, 0.25) is 5.91 Å². The molecule has 1 saturated carbocycles. The van der Waals surface area contributed by atoms with E-state index in [1.54, 1.807) is 18.6 Å². The molecule has 11 heteroatoms. The van der Waals surface area contributed by atoms with Crippen LogP contribution in [0.25, 0.3) is 55.8 Å². The molecule has 10 nitrogen and oxygen atoms in total. The van der Waals surface area contributed by atoms with Crippen molar-refractivity contribution in [3.05, 3.63) is 72.9 Å². The van der Waals surface area contributed by atoms with Crippen LogP contribution in [0.5, 0.6) is 5.75 Å². The highest BCUT2D eigenvalue weighted by Crippen LogP contribution is 2.34. The Balaban J connectivity index is 1.19. The smallest absolute Gasteiger partial charge is 0.227 e. The number of halogens is 1. The number of fused-ring (bicyclic) bond motifs is 2. The number of ether oxygens (including phenoxy) is 1. The summed E-state index contributed by atoms with van der Waals surface area (Å²) in [6.45, 7) is 1.17. The maximum atomic E-state index is 14.7. The highest BCUT2D eigenvalue weighted by molar-refractivity contribution is 5.98. The normalized spacial score (nSPS) is 13.9. The molecule has 0 bridgehead atoms.